The number of hydrogen-bond acceptors (Lipinski definition) is 1. The van der Waals surface area contributed by atoms with Crippen molar-refractivity contribution in [3.8, 4) is 0 Å². The van der Waals surface area contributed by atoms with Crippen LogP contribution in [0.5, 0.6) is 0 Å². The molecule has 2 aliphatic rings. The highest BCUT2D eigenvalue weighted by Gasteiger charge is 2.39. The number of para-hydroxylation sites is 1. The molecule has 1 aromatic rings. The number of fused-ring (bicyclic) bond motifs is 1. The fourth-order valence-corrected chi connectivity index (χ4v) is 3.46. The van der Waals surface area contributed by atoms with E-state index in [1.807, 2.05) is 18.2 Å². The van der Waals surface area contributed by atoms with Crippen LogP contribution in [0.15, 0.2) is 24.3 Å². The third-order valence-corrected chi connectivity index (χ3v) is 4.69. The summed E-state index contributed by atoms with van der Waals surface area (Å²) >= 11 is 0. The van der Waals surface area contributed by atoms with Crippen molar-refractivity contribution in [2.45, 2.75) is 45.4 Å². The molecule has 1 aliphatic heterocycles. The number of anilines is 1. The van der Waals surface area contributed by atoms with Crippen LogP contribution < -0.4 is 5.32 Å². The Hall–Kier alpha value is -1.31. The maximum atomic E-state index is 12.2. The van der Waals surface area contributed by atoms with Crippen molar-refractivity contribution >= 4 is 11.6 Å². The van der Waals surface area contributed by atoms with E-state index in [9.17, 15) is 4.79 Å². The molecule has 1 aliphatic carbocycles. The first-order valence-electron chi connectivity index (χ1n) is 6.97. The summed E-state index contributed by atoms with van der Waals surface area (Å²) in [5.41, 5.74) is 2.70. The van der Waals surface area contributed by atoms with Crippen LogP contribution in [-0.4, -0.2) is 5.91 Å². The lowest BCUT2D eigenvalue weighted by Crippen LogP contribution is -2.28. The van der Waals surface area contributed by atoms with Crippen LogP contribution in [0.25, 0.3) is 0 Å². The summed E-state index contributed by atoms with van der Waals surface area (Å²) in [4.78, 5) is 12.2. The van der Waals surface area contributed by atoms with Gasteiger partial charge in [-0.25, -0.2) is 0 Å². The Morgan fingerprint density at radius 1 is 1.17 bits per heavy atom. The van der Waals surface area contributed by atoms with Gasteiger partial charge < -0.3 is 5.32 Å². The third-order valence-electron chi connectivity index (χ3n) is 4.69. The zero-order chi connectivity index (χ0) is 12.8. The van der Waals surface area contributed by atoms with E-state index in [0.717, 1.165) is 5.69 Å². The van der Waals surface area contributed by atoms with Crippen LogP contribution in [0.1, 0.15) is 51.0 Å². The maximum Gasteiger partial charge on any atom is 0.232 e. The predicted octanol–water partition coefficient (Wildman–Crippen LogP) is 3.94. The Bertz CT molecular complexity index is 468. The molecule has 1 amide bonds. The Morgan fingerprint density at radius 2 is 1.83 bits per heavy atom. The molecule has 0 saturated heterocycles. The van der Waals surface area contributed by atoms with Crippen LogP contribution in [0.4, 0.5) is 5.69 Å². The largest absolute Gasteiger partial charge is 0.325 e. The standard InChI is InChI=1S/C16H21NO/c1-16(2)9-7-11(8-10-16)14-12-5-3-4-6-13(12)17-15(14)18/h3-6,11,14H,7-10H2,1-2H3,(H,17,18). The number of carbonyl (C=O) groups excluding carboxylic acids is 1. The molecular formula is C16H21NO. The van der Waals surface area contributed by atoms with E-state index in [2.05, 4.69) is 25.2 Å². The lowest BCUT2D eigenvalue weighted by Gasteiger charge is -2.36. The molecule has 1 fully saturated rings. The van der Waals surface area contributed by atoms with Crippen molar-refractivity contribution in [1.29, 1.82) is 0 Å². The molecule has 1 saturated carbocycles. The first kappa shape index (κ1) is 11.8. The normalized spacial score (nSPS) is 26.8. The van der Waals surface area contributed by atoms with Crippen LogP contribution in [0.3, 0.4) is 0 Å². The highest BCUT2D eigenvalue weighted by atomic mass is 16.2. The minimum Gasteiger partial charge on any atom is -0.325 e. The minimum absolute atomic E-state index is 0.0947. The molecule has 1 atom stereocenters. The van der Waals surface area contributed by atoms with E-state index in [1.165, 1.54) is 31.2 Å². The van der Waals surface area contributed by atoms with Crippen molar-refractivity contribution < 1.29 is 4.79 Å². The second-order valence-electron chi connectivity index (χ2n) is 6.56. The molecule has 0 spiro atoms. The Morgan fingerprint density at radius 3 is 2.56 bits per heavy atom. The van der Waals surface area contributed by atoms with Crippen molar-refractivity contribution in [3.63, 3.8) is 0 Å². The van der Waals surface area contributed by atoms with Gasteiger partial charge in [0.2, 0.25) is 5.91 Å². The number of amides is 1. The van der Waals surface area contributed by atoms with Crippen molar-refractivity contribution in [1.82, 2.24) is 0 Å². The first-order valence-corrected chi connectivity index (χ1v) is 6.97. The number of rotatable bonds is 1. The molecule has 0 aromatic heterocycles. The van der Waals surface area contributed by atoms with Gasteiger partial charge in [-0.1, -0.05) is 32.0 Å². The predicted molar refractivity (Wildman–Crippen MR) is 73.6 cm³/mol. The van der Waals surface area contributed by atoms with Gasteiger partial charge in [0.15, 0.2) is 0 Å². The lowest BCUT2D eigenvalue weighted by molar-refractivity contribution is -0.118. The van der Waals surface area contributed by atoms with Crippen LogP contribution in [-0.2, 0) is 4.79 Å². The van der Waals surface area contributed by atoms with E-state index >= 15 is 0 Å². The molecular weight excluding hydrogens is 222 g/mol. The van der Waals surface area contributed by atoms with Crippen LogP contribution in [0.2, 0.25) is 0 Å². The number of carbonyl (C=O) groups is 1. The van der Waals surface area contributed by atoms with Gasteiger partial charge in [0.05, 0.1) is 5.92 Å². The molecule has 18 heavy (non-hydrogen) atoms. The van der Waals surface area contributed by atoms with E-state index in [4.69, 9.17) is 0 Å². The Labute approximate surface area is 109 Å². The highest BCUT2D eigenvalue weighted by molar-refractivity contribution is 6.03. The molecule has 0 radical (unpaired) electrons. The molecule has 2 heteroatoms. The number of nitrogens with one attached hydrogen (secondary N) is 1. The topological polar surface area (TPSA) is 29.1 Å². The van der Waals surface area contributed by atoms with Gasteiger partial charge in [-0.15, -0.1) is 0 Å². The average Bonchev–Trinajstić information content (AvgIpc) is 2.66. The van der Waals surface area contributed by atoms with E-state index in [0.29, 0.717) is 11.3 Å². The van der Waals surface area contributed by atoms with Crippen LogP contribution >= 0.6 is 0 Å². The summed E-state index contributed by atoms with van der Waals surface area (Å²) in [5.74, 6) is 0.833. The molecule has 1 heterocycles. The summed E-state index contributed by atoms with van der Waals surface area (Å²) in [6.07, 6.45) is 4.84. The van der Waals surface area contributed by atoms with E-state index in [1.54, 1.807) is 0 Å². The fraction of sp³-hybridized carbons (Fsp3) is 0.562. The molecule has 1 unspecified atom stereocenters. The zero-order valence-electron chi connectivity index (χ0n) is 11.2. The van der Waals surface area contributed by atoms with Crippen molar-refractivity contribution in [2.24, 2.45) is 11.3 Å². The van der Waals surface area contributed by atoms with Crippen LogP contribution in [0, 0.1) is 11.3 Å². The molecule has 1 N–H and O–H groups in total. The quantitative estimate of drug-likeness (QED) is 0.795. The Balaban J connectivity index is 1.83. The summed E-state index contributed by atoms with van der Waals surface area (Å²) < 4.78 is 0. The maximum absolute atomic E-state index is 12.2. The lowest BCUT2D eigenvalue weighted by atomic mass is 9.68. The first-order chi connectivity index (χ1) is 8.57. The molecule has 3 rings (SSSR count). The fourth-order valence-electron chi connectivity index (χ4n) is 3.46. The van der Waals surface area contributed by atoms with Gasteiger partial charge in [0.25, 0.3) is 0 Å². The second kappa shape index (κ2) is 4.11. The van der Waals surface area contributed by atoms with E-state index in [-0.39, 0.29) is 11.8 Å². The molecule has 2 nitrogen and oxygen atoms in total. The van der Waals surface area contributed by atoms with Gasteiger partial charge in [0.1, 0.15) is 0 Å². The van der Waals surface area contributed by atoms with Gasteiger partial charge in [-0.05, 0) is 48.6 Å². The van der Waals surface area contributed by atoms with Crippen molar-refractivity contribution in [2.75, 3.05) is 5.32 Å². The zero-order valence-corrected chi connectivity index (χ0v) is 11.2. The summed E-state index contributed by atoms with van der Waals surface area (Å²) in [6.45, 7) is 4.68. The number of benzene rings is 1. The molecule has 1 aromatic carbocycles. The van der Waals surface area contributed by atoms with Gasteiger partial charge in [-0.2, -0.15) is 0 Å². The summed E-state index contributed by atoms with van der Waals surface area (Å²) in [6, 6.07) is 8.15. The summed E-state index contributed by atoms with van der Waals surface area (Å²) in [7, 11) is 0. The van der Waals surface area contributed by atoms with Gasteiger partial charge >= 0.3 is 0 Å². The third kappa shape index (κ3) is 1.94. The minimum atomic E-state index is 0.0947. The van der Waals surface area contributed by atoms with E-state index < -0.39 is 0 Å². The monoisotopic (exact) mass is 243 g/mol. The Kier molecular flexibility index (Phi) is 2.69. The highest BCUT2D eigenvalue weighted by Crippen LogP contribution is 2.47. The van der Waals surface area contributed by atoms with Gasteiger partial charge in [0, 0.05) is 5.69 Å². The van der Waals surface area contributed by atoms with Crippen molar-refractivity contribution in [3.05, 3.63) is 29.8 Å². The smallest absolute Gasteiger partial charge is 0.232 e. The molecule has 0 bridgehead atoms. The van der Waals surface area contributed by atoms with Gasteiger partial charge in [-0.3, -0.25) is 4.79 Å². The molecule has 96 valence electrons. The summed E-state index contributed by atoms with van der Waals surface area (Å²) in [5, 5.41) is 3.03. The SMILES string of the molecule is CC1(C)CCC(C2C(=O)Nc3ccccc32)CC1. The number of hydrogen-bond donors (Lipinski definition) is 1. The average molecular weight is 243 g/mol. The second-order valence-corrected chi connectivity index (χ2v) is 6.56.